The van der Waals surface area contributed by atoms with Crippen LogP contribution in [0.4, 0.5) is 0 Å². The van der Waals surface area contributed by atoms with Crippen LogP contribution in [0.2, 0.25) is 0 Å². The van der Waals surface area contributed by atoms with E-state index in [2.05, 4.69) is 0 Å². The van der Waals surface area contributed by atoms with Crippen molar-refractivity contribution in [3.8, 4) is 0 Å². The molecule has 1 saturated carbocycles. The van der Waals surface area contributed by atoms with Crippen molar-refractivity contribution in [2.45, 2.75) is 57.0 Å². The summed E-state index contributed by atoms with van der Waals surface area (Å²) in [5.41, 5.74) is 0.882. The normalized spacial score (nSPS) is 23.8. The van der Waals surface area contributed by atoms with Crippen LogP contribution in [-0.4, -0.2) is 12.8 Å². The van der Waals surface area contributed by atoms with E-state index < -0.39 is 0 Å². The summed E-state index contributed by atoms with van der Waals surface area (Å²) in [7, 11) is 2.59. The lowest BCUT2D eigenvalue weighted by molar-refractivity contribution is 0.458. The lowest BCUT2D eigenvalue weighted by atomic mass is 10.1. The topological polar surface area (TPSA) is 9.23 Å². The molecule has 0 saturated heterocycles. The first kappa shape index (κ1) is 10.5. The summed E-state index contributed by atoms with van der Waals surface area (Å²) in [6.45, 7) is 0. The predicted octanol–water partition coefficient (Wildman–Crippen LogP) is 3.73. The fraction of sp³-hybridized carbons (Fsp3) is 1.00. The van der Waals surface area contributed by atoms with E-state index in [-0.39, 0.29) is 0 Å². The highest BCUT2D eigenvalue weighted by molar-refractivity contribution is 7.33. The molecule has 0 amide bonds. The average Bonchev–Trinajstić information content (AvgIpc) is 2.19. The third kappa shape index (κ3) is 4.42. The SMILES string of the molecule is COPC1CCCCCCCC1. The van der Waals surface area contributed by atoms with Crippen molar-refractivity contribution in [3.05, 3.63) is 0 Å². The number of rotatable bonds is 2. The molecule has 1 fully saturated rings. The Morgan fingerprint density at radius 1 is 0.917 bits per heavy atom. The van der Waals surface area contributed by atoms with E-state index in [9.17, 15) is 0 Å². The monoisotopic (exact) mass is 188 g/mol. The molecular weight excluding hydrogens is 167 g/mol. The van der Waals surface area contributed by atoms with E-state index in [1.807, 2.05) is 7.11 Å². The molecule has 0 aromatic heterocycles. The molecule has 1 rings (SSSR count). The van der Waals surface area contributed by atoms with Gasteiger partial charge in [0.05, 0.1) is 0 Å². The lowest BCUT2D eigenvalue weighted by Gasteiger charge is -2.13. The smallest absolute Gasteiger partial charge is 0.0394 e. The quantitative estimate of drug-likeness (QED) is 0.600. The van der Waals surface area contributed by atoms with Crippen LogP contribution in [0.5, 0.6) is 0 Å². The molecule has 0 heterocycles. The first-order valence-corrected chi connectivity index (χ1v) is 6.20. The molecule has 0 aliphatic heterocycles. The zero-order chi connectivity index (χ0) is 8.65. The third-order valence-electron chi connectivity index (χ3n) is 2.64. The summed E-state index contributed by atoms with van der Waals surface area (Å²) in [5.74, 6) is 0. The van der Waals surface area contributed by atoms with Gasteiger partial charge in [0.25, 0.3) is 0 Å². The fourth-order valence-electron chi connectivity index (χ4n) is 1.92. The molecule has 2 heteroatoms. The number of hydrogen-bond acceptors (Lipinski definition) is 1. The second-order valence-electron chi connectivity index (χ2n) is 3.72. The van der Waals surface area contributed by atoms with Crippen molar-refractivity contribution in [2.24, 2.45) is 0 Å². The zero-order valence-corrected chi connectivity index (χ0v) is 9.14. The average molecular weight is 188 g/mol. The summed E-state index contributed by atoms with van der Waals surface area (Å²) in [6.07, 6.45) is 11.5. The van der Waals surface area contributed by atoms with Crippen molar-refractivity contribution in [2.75, 3.05) is 7.11 Å². The first-order chi connectivity index (χ1) is 5.93. The minimum absolute atomic E-state index is 0.753. The molecule has 1 nitrogen and oxygen atoms in total. The molecule has 12 heavy (non-hydrogen) atoms. The zero-order valence-electron chi connectivity index (χ0n) is 8.14. The van der Waals surface area contributed by atoms with Gasteiger partial charge in [-0.05, 0) is 12.8 Å². The van der Waals surface area contributed by atoms with Gasteiger partial charge >= 0.3 is 0 Å². The van der Waals surface area contributed by atoms with E-state index in [1.54, 1.807) is 0 Å². The van der Waals surface area contributed by atoms with Crippen LogP contribution in [0.1, 0.15) is 51.4 Å². The minimum atomic E-state index is 0.753. The van der Waals surface area contributed by atoms with Gasteiger partial charge in [-0.1, -0.05) is 38.5 Å². The Morgan fingerprint density at radius 3 is 1.92 bits per heavy atom. The van der Waals surface area contributed by atoms with Crippen LogP contribution in [0.25, 0.3) is 0 Å². The van der Waals surface area contributed by atoms with E-state index in [1.165, 1.54) is 51.4 Å². The molecule has 72 valence electrons. The molecule has 0 spiro atoms. The third-order valence-corrected chi connectivity index (χ3v) is 3.79. The highest BCUT2D eigenvalue weighted by Crippen LogP contribution is 2.30. The summed E-state index contributed by atoms with van der Waals surface area (Å²) < 4.78 is 5.25. The van der Waals surface area contributed by atoms with Crippen LogP contribution >= 0.6 is 8.81 Å². The molecule has 0 aromatic rings. The van der Waals surface area contributed by atoms with Crippen LogP contribution < -0.4 is 0 Å². The van der Waals surface area contributed by atoms with E-state index in [0.717, 1.165) is 14.5 Å². The maximum Gasteiger partial charge on any atom is 0.0394 e. The molecule has 1 aliphatic carbocycles. The molecule has 1 unspecified atom stereocenters. The lowest BCUT2D eigenvalue weighted by Crippen LogP contribution is -2.00. The van der Waals surface area contributed by atoms with Crippen molar-refractivity contribution < 1.29 is 4.52 Å². The molecule has 0 aromatic carbocycles. The molecule has 1 atom stereocenters. The Balaban J connectivity index is 2.19. The summed E-state index contributed by atoms with van der Waals surface area (Å²) >= 11 is 0. The summed E-state index contributed by atoms with van der Waals surface area (Å²) in [6, 6.07) is 0. The van der Waals surface area contributed by atoms with Crippen molar-refractivity contribution in [1.29, 1.82) is 0 Å². The highest BCUT2D eigenvalue weighted by Gasteiger charge is 2.09. The Hall–Kier alpha value is 0.390. The van der Waals surface area contributed by atoms with E-state index in [4.69, 9.17) is 4.52 Å². The minimum Gasteiger partial charge on any atom is -0.365 e. The number of hydrogen-bond donors (Lipinski definition) is 0. The molecule has 0 bridgehead atoms. The fourth-order valence-corrected chi connectivity index (χ4v) is 2.89. The first-order valence-electron chi connectivity index (χ1n) is 5.22. The van der Waals surface area contributed by atoms with Gasteiger partial charge in [-0.15, -0.1) is 0 Å². The predicted molar refractivity (Wildman–Crippen MR) is 56.0 cm³/mol. The summed E-state index contributed by atoms with van der Waals surface area (Å²) in [5, 5.41) is 0. The Kier molecular flexibility index (Phi) is 5.98. The van der Waals surface area contributed by atoms with Crippen molar-refractivity contribution in [1.82, 2.24) is 0 Å². The molecule has 0 radical (unpaired) electrons. The maximum atomic E-state index is 5.25. The Morgan fingerprint density at radius 2 is 1.42 bits per heavy atom. The summed E-state index contributed by atoms with van der Waals surface area (Å²) in [4.78, 5) is 0. The van der Waals surface area contributed by atoms with Gasteiger partial charge in [0, 0.05) is 21.6 Å². The van der Waals surface area contributed by atoms with E-state index in [0.29, 0.717) is 0 Å². The second-order valence-corrected chi connectivity index (χ2v) is 5.18. The molecular formula is C10H21OP. The Labute approximate surface area is 78.1 Å². The van der Waals surface area contributed by atoms with Crippen LogP contribution in [0.15, 0.2) is 0 Å². The van der Waals surface area contributed by atoms with Gasteiger partial charge in [-0.2, -0.15) is 0 Å². The maximum absolute atomic E-state index is 5.25. The van der Waals surface area contributed by atoms with Gasteiger partial charge in [-0.25, -0.2) is 0 Å². The standard InChI is InChI=1S/C10H21OP/c1-11-12-10-8-6-4-2-3-5-7-9-10/h10,12H,2-9H2,1H3. The van der Waals surface area contributed by atoms with Crippen molar-refractivity contribution >= 4 is 8.81 Å². The van der Waals surface area contributed by atoms with Gasteiger partial charge in [0.15, 0.2) is 0 Å². The van der Waals surface area contributed by atoms with Gasteiger partial charge < -0.3 is 4.52 Å². The van der Waals surface area contributed by atoms with Gasteiger partial charge in [-0.3, -0.25) is 0 Å². The highest BCUT2D eigenvalue weighted by atomic mass is 31.1. The van der Waals surface area contributed by atoms with Crippen LogP contribution in [-0.2, 0) is 4.52 Å². The van der Waals surface area contributed by atoms with E-state index >= 15 is 0 Å². The van der Waals surface area contributed by atoms with Crippen molar-refractivity contribution in [3.63, 3.8) is 0 Å². The van der Waals surface area contributed by atoms with Crippen LogP contribution in [0.3, 0.4) is 0 Å². The van der Waals surface area contributed by atoms with Gasteiger partial charge in [0.2, 0.25) is 0 Å². The Bertz CT molecular complexity index is 96.0. The molecule has 1 aliphatic rings. The van der Waals surface area contributed by atoms with Crippen LogP contribution in [0, 0.1) is 0 Å². The van der Waals surface area contributed by atoms with Gasteiger partial charge in [0.1, 0.15) is 0 Å². The molecule has 0 N–H and O–H groups in total. The second kappa shape index (κ2) is 6.86. The largest absolute Gasteiger partial charge is 0.365 e.